The molecule has 0 saturated carbocycles. The van der Waals surface area contributed by atoms with Crippen molar-refractivity contribution in [1.82, 2.24) is 0 Å². The highest BCUT2D eigenvalue weighted by atomic mass is 16.5. The fourth-order valence-electron chi connectivity index (χ4n) is 0.937. The number of hydrogen-bond donors (Lipinski definition) is 0. The Morgan fingerprint density at radius 2 is 2.23 bits per heavy atom. The molecule has 0 heterocycles. The minimum Gasteiger partial charge on any atom is -0.492 e. The van der Waals surface area contributed by atoms with Crippen molar-refractivity contribution in [1.29, 1.82) is 5.26 Å². The number of benzene rings is 1. The van der Waals surface area contributed by atoms with Gasteiger partial charge in [0.05, 0.1) is 12.2 Å². The van der Waals surface area contributed by atoms with Gasteiger partial charge in [-0.05, 0) is 18.6 Å². The molecule has 1 aromatic carbocycles. The van der Waals surface area contributed by atoms with Crippen LogP contribution in [-0.2, 0) is 0 Å². The van der Waals surface area contributed by atoms with Gasteiger partial charge >= 0.3 is 0 Å². The molecule has 1 rings (SSSR count). The van der Waals surface area contributed by atoms with Gasteiger partial charge in [0.25, 0.3) is 0 Å². The van der Waals surface area contributed by atoms with Crippen molar-refractivity contribution in [2.24, 2.45) is 0 Å². The normalized spacial score (nSPS) is 8.85. The van der Waals surface area contributed by atoms with Gasteiger partial charge in [0.1, 0.15) is 11.8 Å². The summed E-state index contributed by atoms with van der Waals surface area (Å²) in [5.74, 6) is 0.645. The molecule has 0 aliphatic heterocycles. The van der Waals surface area contributed by atoms with E-state index in [-0.39, 0.29) is 0 Å². The number of para-hydroxylation sites is 1. The van der Waals surface area contributed by atoms with Crippen LogP contribution in [0.4, 0.5) is 0 Å². The second kappa shape index (κ2) is 5.00. The quantitative estimate of drug-likeness (QED) is 0.517. The van der Waals surface area contributed by atoms with Crippen molar-refractivity contribution in [3.05, 3.63) is 42.5 Å². The first-order valence-corrected chi connectivity index (χ1v) is 4.11. The summed E-state index contributed by atoms with van der Waals surface area (Å²) in [6.07, 6.45) is 2.58. The molecule has 0 aromatic heterocycles. The second-order valence-electron chi connectivity index (χ2n) is 2.53. The fraction of sp³-hybridized carbons (Fsp3) is 0.182. The monoisotopic (exact) mass is 173 g/mol. The van der Waals surface area contributed by atoms with Crippen LogP contribution >= 0.6 is 0 Å². The van der Waals surface area contributed by atoms with Crippen LogP contribution < -0.4 is 4.74 Å². The zero-order chi connectivity index (χ0) is 9.52. The zero-order valence-electron chi connectivity index (χ0n) is 7.36. The SMILES string of the molecule is C=CCCOc1ccccc1C#N. The molecule has 0 bridgehead atoms. The maximum Gasteiger partial charge on any atom is 0.137 e. The topological polar surface area (TPSA) is 33.0 Å². The summed E-state index contributed by atoms with van der Waals surface area (Å²) in [5, 5.41) is 8.72. The molecule has 0 atom stereocenters. The Morgan fingerprint density at radius 1 is 1.46 bits per heavy atom. The summed E-state index contributed by atoms with van der Waals surface area (Å²) in [6, 6.07) is 9.27. The highest BCUT2D eigenvalue weighted by molar-refractivity contribution is 5.42. The molecule has 2 heteroatoms. The summed E-state index contributed by atoms with van der Waals surface area (Å²) in [7, 11) is 0. The number of hydrogen-bond acceptors (Lipinski definition) is 2. The summed E-state index contributed by atoms with van der Waals surface area (Å²) in [4.78, 5) is 0. The Bertz CT molecular complexity index is 325. The molecule has 2 nitrogen and oxygen atoms in total. The van der Waals surface area contributed by atoms with Gasteiger partial charge in [0, 0.05) is 0 Å². The van der Waals surface area contributed by atoms with E-state index in [1.807, 2.05) is 12.1 Å². The second-order valence-corrected chi connectivity index (χ2v) is 2.53. The van der Waals surface area contributed by atoms with Gasteiger partial charge in [-0.3, -0.25) is 0 Å². The molecule has 13 heavy (non-hydrogen) atoms. The minimum absolute atomic E-state index is 0.572. The third-order valence-electron chi connectivity index (χ3n) is 1.59. The molecule has 0 spiro atoms. The minimum atomic E-state index is 0.572. The summed E-state index contributed by atoms with van der Waals surface area (Å²) in [6.45, 7) is 4.16. The summed E-state index contributed by atoms with van der Waals surface area (Å²) < 4.78 is 5.37. The van der Waals surface area contributed by atoms with Crippen LogP contribution in [0.5, 0.6) is 5.75 Å². The molecule has 0 N–H and O–H groups in total. The van der Waals surface area contributed by atoms with Crippen LogP contribution in [0.15, 0.2) is 36.9 Å². The third-order valence-corrected chi connectivity index (χ3v) is 1.59. The number of nitrogens with zero attached hydrogens (tertiary/aromatic N) is 1. The summed E-state index contributed by atoms with van der Waals surface area (Å²) >= 11 is 0. The first-order valence-electron chi connectivity index (χ1n) is 4.11. The highest BCUT2D eigenvalue weighted by Gasteiger charge is 1.99. The van der Waals surface area contributed by atoms with Gasteiger partial charge in [-0.15, -0.1) is 6.58 Å². The lowest BCUT2D eigenvalue weighted by Crippen LogP contribution is -1.97. The van der Waals surface area contributed by atoms with Crippen molar-refractivity contribution < 1.29 is 4.74 Å². The Labute approximate surface area is 78.1 Å². The van der Waals surface area contributed by atoms with Gasteiger partial charge in [-0.25, -0.2) is 0 Å². The Balaban J connectivity index is 2.65. The predicted molar refractivity (Wildman–Crippen MR) is 51.5 cm³/mol. The molecule has 0 radical (unpaired) electrons. The Hall–Kier alpha value is -1.75. The van der Waals surface area contributed by atoms with Crippen LogP contribution in [0.2, 0.25) is 0 Å². The fourth-order valence-corrected chi connectivity index (χ4v) is 0.937. The molecule has 0 amide bonds. The van der Waals surface area contributed by atoms with E-state index < -0.39 is 0 Å². The zero-order valence-corrected chi connectivity index (χ0v) is 7.36. The van der Waals surface area contributed by atoms with Crippen molar-refractivity contribution in [3.63, 3.8) is 0 Å². The smallest absolute Gasteiger partial charge is 0.137 e. The van der Waals surface area contributed by atoms with Crippen LogP contribution in [-0.4, -0.2) is 6.61 Å². The van der Waals surface area contributed by atoms with E-state index in [9.17, 15) is 0 Å². The lowest BCUT2D eigenvalue weighted by molar-refractivity contribution is 0.324. The van der Waals surface area contributed by atoms with Gasteiger partial charge in [-0.2, -0.15) is 5.26 Å². The standard InChI is InChI=1S/C11H11NO/c1-2-3-8-13-11-7-5-4-6-10(11)9-12/h2,4-7H,1,3,8H2. The van der Waals surface area contributed by atoms with E-state index in [1.54, 1.807) is 18.2 Å². The molecule has 66 valence electrons. The molecule has 0 fully saturated rings. The first-order chi connectivity index (χ1) is 6.38. The molecule has 0 aliphatic rings. The van der Waals surface area contributed by atoms with Crippen LogP contribution in [0, 0.1) is 11.3 Å². The average molecular weight is 173 g/mol. The summed E-state index contributed by atoms with van der Waals surface area (Å²) in [5.41, 5.74) is 0.576. The van der Waals surface area contributed by atoms with Gasteiger partial charge < -0.3 is 4.74 Å². The molecule has 0 unspecified atom stereocenters. The Kier molecular flexibility index (Phi) is 3.59. The molecule has 0 saturated heterocycles. The maximum absolute atomic E-state index is 8.72. The number of ether oxygens (including phenoxy) is 1. The average Bonchev–Trinajstić information content (AvgIpc) is 2.19. The lowest BCUT2D eigenvalue weighted by atomic mass is 10.2. The molecular formula is C11H11NO. The number of rotatable bonds is 4. The van der Waals surface area contributed by atoms with Gasteiger partial charge in [0.2, 0.25) is 0 Å². The van der Waals surface area contributed by atoms with Crippen molar-refractivity contribution in [2.45, 2.75) is 6.42 Å². The van der Waals surface area contributed by atoms with Crippen molar-refractivity contribution in [2.75, 3.05) is 6.61 Å². The largest absolute Gasteiger partial charge is 0.492 e. The van der Waals surface area contributed by atoms with E-state index >= 15 is 0 Å². The van der Waals surface area contributed by atoms with Crippen molar-refractivity contribution in [3.8, 4) is 11.8 Å². The van der Waals surface area contributed by atoms with E-state index in [4.69, 9.17) is 10.00 Å². The predicted octanol–water partition coefficient (Wildman–Crippen LogP) is 2.51. The lowest BCUT2D eigenvalue weighted by Gasteiger charge is -2.04. The first kappa shape index (κ1) is 9.34. The molecule has 0 aliphatic carbocycles. The molecule has 1 aromatic rings. The Morgan fingerprint density at radius 3 is 2.92 bits per heavy atom. The van der Waals surface area contributed by atoms with Crippen LogP contribution in [0.3, 0.4) is 0 Å². The van der Waals surface area contributed by atoms with E-state index in [2.05, 4.69) is 12.6 Å². The van der Waals surface area contributed by atoms with E-state index in [0.717, 1.165) is 6.42 Å². The highest BCUT2D eigenvalue weighted by Crippen LogP contribution is 2.16. The van der Waals surface area contributed by atoms with Gasteiger partial charge in [-0.1, -0.05) is 18.2 Å². The van der Waals surface area contributed by atoms with Gasteiger partial charge in [0.15, 0.2) is 0 Å². The maximum atomic E-state index is 8.72. The third kappa shape index (κ3) is 2.64. The van der Waals surface area contributed by atoms with Crippen LogP contribution in [0.25, 0.3) is 0 Å². The van der Waals surface area contributed by atoms with E-state index in [1.165, 1.54) is 0 Å². The molecular weight excluding hydrogens is 162 g/mol. The van der Waals surface area contributed by atoms with Crippen molar-refractivity contribution >= 4 is 0 Å². The van der Waals surface area contributed by atoms with E-state index in [0.29, 0.717) is 17.9 Å². The number of nitriles is 1. The van der Waals surface area contributed by atoms with Crippen LogP contribution in [0.1, 0.15) is 12.0 Å².